The number of amides is 2. The summed E-state index contributed by atoms with van der Waals surface area (Å²) in [4.78, 5) is 24.2. The molecular formula is C34H60N3O15-3. The van der Waals surface area contributed by atoms with E-state index in [1.54, 1.807) is 0 Å². The minimum Gasteiger partial charge on any atom is -0.853 e. The van der Waals surface area contributed by atoms with E-state index in [1.807, 2.05) is 27.7 Å². The Bertz CT molecular complexity index is 1070. The molecule has 52 heavy (non-hydrogen) atoms. The maximum absolute atomic E-state index is 12.4. The molecule has 304 valence electrons. The molecule has 18 nitrogen and oxygen atoms in total. The summed E-state index contributed by atoms with van der Waals surface area (Å²) in [5.41, 5.74) is 6.22. The molecule has 3 rings (SSSR count). The molecule has 15 atom stereocenters. The minimum absolute atomic E-state index is 0.0394. The normalized spacial score (nSPS) is 38.4. The molecule has 3 fully saturated rings. The van der Waals surface area contributed by atoms with E-state index in [0.717, 1.165) is 0 Å². The Kier molecular flexibility index (Phi) is 18.5. The van der Waals surface area contributed by atoms with E-state index in [-0.39, 0.29) is 51.8 Å². The summed E-state index contributed by atoms with van der Waals surface area (Å²) in [7, 11) is 0. The average molecular weight is 751 g/mol. The summed E-state index contributed by atoms with van der Waals surface area (Å²) < 4.78 is 40.9. The lowest BCUT2D eigenvalue weighted by molar-refractivity contribution is -0.402. The molecule has 0 aromatic rings. The van der Waals surface area contributed by atoms with Crippen molar-refractivity contribution in [2.45, 2.75) is 127 Å². The van der Waals surface area contributed by atoms with Gasteiger partial charge in [0.2, 0.25) is 11.8 Å². The lowest BCUT2D eigenvalue weighted by Crippen LogP contribution is -2.65. The maximum atomic E-state index is 12.4. The van der Waals surface area contributed by atoms with Crippen LogP contribution in [0.2, 0.25) is 0 Å². The topological polar surface area (TPSA) is 279 Å². The summed E-state index contributed by atoms with van der Waals surface area (Å²) in [6.45, 7) is 7.03. The van der Waals surface area contributed by atoms with Gasteiger partial charge in [-0.05, 0) is 27.7 Å². The van der Waals surface area contributed by atoms with Gasteiger partial charge in [-0.2, -0.15) is 0 Å². The van der Waals surface area contributed by atoms with E-state index < -0.39 is 122 Å². The Morgan fingerprint density at radius 2 is 0.962 bits per heavy atom. The van der Waals surface area contributed by atoms with Gasteiger partial charge in [-0.15, -0.1) is 19.8 Å². The molecule has 18 heteroatoms. The molecular weight excluding hydrogens is 690 g/mol. The first kappa shape index (κ1) is 44.8. The highest BCUT2D eigenvalue weighted by Gasteiger charge is 2.47. The second-order valence-corrected chi connectivity index (χ2v) is 14.5. The fourth-order valence-electron chi connectivity index (χ4n) is 6.97. The fraction of sp³-hybridized carbons (Fsp3) is 0.941. The smallest absolute Gasteiger partial charge is 0.217 e. The molecule has 0 aromatic carbocycles. The molecule has 0 saturated carbocycles. The molecule has 0 radical (unpaired) electrons. The summed E-state index contributed by atoms with van der Waals surface area (Å²) in [6, 6.07) is -2.83. The van der Waals surface area contributed by atoms with Crippen LogP contribution in [0.3, 0.4) is 0 Å². The fourth-order valence-corrected chi connectivity index (χ4v) is 6.97. The molecule has 7 N–H and O–H groups in total. The number of ether oxygens (including phenoxy) is 7. The first-order valence-corrected chi connectivity index (χ1v) is 18.1. The zero-order chi connectivity index (χ0) is 38.7. The second kappa shape index (κ2) is 21.5. The molecule has 3 aliphatic rings. The van der Waals surface area contributed by atoms with Crippen molar-refractivity contribution in [3.63, 3.8) is 0 Å². The number of carbonyl (C=O) groups excluding carboxylic acids is 2. The van der Waals surface area contributed by atoms with Crippen LogP contribution in [-0.4, -0.2) is 172 Å². The molecule has 0 aromatic heterocycles. The SMILES string of the molecule is CC(=O)NC1C(COCC2C(C[O-])OC(COC(C)C)C(N)C2O)OC(C[O-])C(COCC2OC(C[O-])C(COC(C)C)C(O)C2NC(C)=O)C1O. The predicted octanol–water partition coefficient (Wildman–Crippen LogP) is -5.48. The van der Waals surface area contributed by atoms with Crippen LogP contribution in [0.5, 0.6) is 0 Å². The molecule has 0 aliphatic carbocycles. The molecule has 3 aliphatic heterocycles. The van der Waals surface area contributed by atoms with Crippen molar-refractivity contribution in [1.82, 2.24) is 10.6 Å². The van der Waals surface area contributed by atoms with Gasteiger partial charge in [-0.1, -0.05) is 0 Å². The number of carbonyl (C=O) groups is 2. The third-order valence-corrected chi connectivity index (χ3v) is 9.79. The van der Waals surface area contributed by atoms with Crippen molar-refractivity contribution in [2.24, 2.45) is 23.5 Å². The van der Waals surface area contributed by atoms with Crippen molar-refractivity contribution in [2.75, 3.05) is 59.5 Å². The largest absolute Gasteiger partial charge is 0.853 e. The monoisotopic (exact) mass is 750 g/mol. The summed E-state index contributed by atoms with van der Waals surface area (Å²) in [5.74, 6) is -3.34. The van der Waals surface area contributed by atoms with Crippen LogP contribution in [0.4, 0.5) is 0 Å². The van der Waals surface area contributed by atoms with Crippen molar-refractivity contribution in [1.29, 1.82) is 0 Å². The van der Waals surface area contributed by atoms with Gasteiger partial charge in [-0.25, -0.2) is 0 Å². The van der Waals surface area contributed by atoms with Gasteiger partial charge in [0.15, 0.2) is 0 Å². The molecule has 0 bridgehead atoms. The summed E-state index contributed by atoms with van der Waals surface area (Å²) in [6.07, 6.45) is -9.50. The first-order valence-electron chi connectivity index (χ1n) is 18.1. The Balaban J connectivity index is 1.65. The number of nitrogens with one attached hydrogen (secondary N) is 2. The van der Waals surface area contributed by atoms with Gasteiger partial charge in [0.05, 0.1) is 113 Å². The Morgan fingerprint density at radius 1 is 0.596 bits per heavy atom. The standard InChI is InChI=1S/C34H60N3O15/c1-16(2)48-12-22-25(9-40)52-28(31(34(22)45)37-19(6)42)14-47-11-21-24(8-39)51-27(30(33(21)44)36-18(5)41)13-46-10-20-23(7-38)50-26(15-49-17(3)4)29(35)32(20)43/h16-17,20-34,43-45H,7-15,35H2,1-6H3,(H,36,41)(H,37,42)/q-3. The third-order valence-electron chi connectivity index (χ3n) is 9.79. The molecule has 2 amide bonds. The quantitative estimate of drug-likeness (QED) is 0.0718. The average Bonchev–Trinajstić information content (AvgIpc) is 3.08. The number of hydrogen-bond donors (Lipinski definition) is 6. The van der Waals surface area contributed by atoms with Gasteiger partial charge >= 0.3 is 0 Å². The van der Waals surface area contributed by atoms with Crippen LogP contribution >= 0.6 is 0 Å². The van der Waals surface area contributed by atoms with Crippen LogP contribution in [0.25, 0.3) is 0 Å². The highest BCUT2D eigenvalue weighted by Crippen LogP contribution is 2.31. The van der Waals surface area contributed by atoms with Gasteiger partial charge in [-0.3, -0.25) is 9.59 Å². The van der Waals surface area contributed by atoms with E-state index in [2.05, 4.69) is 10.6 Å². The van der Waals surface area contributed by atoms with E-state index in [1.165, 1.54) is 13.8 Å². The lowest BCUT2D eigenvalue weighted by atomic mass is 9.85. The summed E-state index contributed by atoms with van der Waals surface area (Å²) in [5, 5.41) is 75.3. The van der Waals surface area contributed by atoms with E-state index in [0.29, 0.717) is 0 Å². The van der Waals surface area contributed by atoms with E-state index >= 15 is 0 Å². The number of rotatable bonds is 19. The van der Waals surface area contributed by atoms with Crippen LogP contribution in [0.15, 0.2) is 0 Å². The van der Waals surface area contributed by atoms with E-state index in [4.69, 9.17) is 38.9 Å². The minimum atomic E-state index is -1.34. The molecule has 15 unspecified atom stereocenters. The Morgan fingerprint density at radius 3 is 1.35 bits per heavy atom. The number of aliphatic hydroxyl groups is 3. The molecule has 3 saturated heterocycles. The Hall–Kier alpha value is -1.62. The van der Waals surface area contributed by atoms with Gasteiger partial charge in [0, 0.05) is 31.6 Å². The van der Waals surface area contributed by atoms with Crippen LogP contribution < -0.4 is 31.7 Å². The zero-order valence-electron chi connectivity index (χ0n) is 31.0. The predicted molar refractivity (Wildman–Crippen MR) is 176 cm³/mol. The number of hydrogen-bond acceptors (Lipinski definition) is 16. The molecule has 3 heterocycles. The van der Waals surface area contributed by atoms with Crippen molar-refractivity contribution >= 4 is 11.8 Å². The second-order valence-electron chi connectivity index (χ2n) is 14.5. The number of nitrogens with two attached hydrogens (primary N) is 1. The maximum Gasteiger partial charge on any atom is 0.217 e. The van der Waals surface area contributed by atoms with Crippen molar-refractivity contribution < 1.29 is 73.4 Å². The van der Waals surface area contributed by atoms with Gasteiger partial charge in [0.25, 0.3) is 0 Å². The van der Waals surface area contributed by atoms with E-state index in [9.17, 15) is 40.2 Å². The first-order chi connectivity index (χ1) is 24.6. The number of aliphatic hydroxyl groups excluding tert-OH is 3. The van der Waals surface area contributed by atoms with Gasteiger partial charge < -0.3 is 80.2 Å². The summed E-state index contributed by atoms with van der Waals surface area (Å²) >= 11 is 0. The van der Waals surface area contributed by atoms with Crippen molar-refractivity contribution in [3.8, 4) is 0 Å². The zero-order valence-corrected chi connectivity index (χ0v) is 31.0. The van der Waals surface area contributed by atoms with Gasteiger partial charge in [0.1, 0.15) is 12.2 Å². The third kappa shape index (κ3) is 12.2. The van der Waals surface area contributed by atoms with Crippen molar-refractivity contribution in [3.05, 3.63) is 0 Å². The van der Waals surface area contributed by atoms with Crippen LogP contribution in [-0.2, 0) is 42.7 Å². The van der Waals surface area contributed by atoms with Crippen LogP contribution in [0.1, 0.15) is 41.5 Å². The highest BCUT2D eigenvalue weighted by molar-refractivity contribution is 5.73. The Labute approximate surface area is 305 Å². The lowest BCUT2D eigenvalue weighted by Gasteiger charge is -2.48. The van der Waals surface area contributed by atoms with Crippen LogP contribution in [0, 0.1) is 17.8 Å². The highest BCUT2D eigenvalue weighted by atomic mass is 16.6. The molecule has 0 spiro atoms.